The summed E-state index contributed by atoms with van der Waals surface area (Å²) in [6.45, 7) is 2.03. The molecule has 3 N–H and O–H groups in total. The van der Waals surface area contributed by atoms with Crippen LogP contribution in [0.1, 0.15) is 11.1 Å². The molecule has 0 atom stereocenters. The van der Waals surface area contributed by atoms with Crippen molar-refractivity contribution >= 4 is 28.5 Å². The first-order valence-electron chi connectivity index (χ1n) is 5.95. The molecule has 0 aliphatic heterocycles. The molecule has 20 heavy (non-hydrogen) atoms. The molecular formula is C14H11N5S. The van der Waals surface area contributed by atoms with Crippen LogP contribution in [0, 0.1) is 18.3 Å². The molecule has 2 aromatic heterocycles. The van der Waals surface area contributed by atoms with E-state index in [1.54, 1.807) is 6.07 Å². The largest absolute Gasteiger partial charge is 0.396 e. The van der Waals surface area contributed by atoms with E-state index in [2.05, 4.69) is 15.0 Å². The van der Waals surface area contributed by atoms with Crippen LogP contribution in [0.3, 0.4) is 0 Å². The highest BCUT2D eigenvalue weighted by Gasteiger charge is 2.09. The number of hydrogen-bond acceptors (Lipinski definition) is 5. The van der Waals surface area contributed by atoms with Crippen molar-refractivity contribution in [2.45, 2.75) is 17.1 Å². The second kappa shape index (κ2) is 4.87. The average molecular weight is 281 g/mol. The maximum atomic E-state index is 8.79. The van der Waals surface area contributed by atoms with Crippen LogP contribution in [-0.4, -0.2) is 15.0 Å². The Bertz CT molecular complexity index is 831. The van der Waals surface area contributed by atoms with Gasteiger partial charge in [-0.15, -0.1) is 0 Å². The summed E-state index contributed by atoms with van der Waals surface area (Å²) in [7, 11) is 0. The van der Waals surface area contributed by atoms with Crippen molar-refractivity contribution in [2.24, 2.45) is 0 Å². The van der Waals surface area contributed by atoms with Crippen molar-refractivity contribution in [1.82, 2.24) is 15.0 Å². The maximum absolute atomic E-state index is 8.79. The molecule has 3 rings (SSSR count). The van der Waals surface area contributed by atoms with Gasteiger partial charge < -0.3 is 10.7 Å². The molecule has 98 valence electrons. The fourth-order valence-electron chi connectivity index (χ4n) is 1.86. The second-order valence-corrected chi connectivity index (χ2v) is 5.37. The Hall–Kier alpha value is -2.52. The number of anilines is 1. The first-order chi connectivity index (χ1) is 9.65. The average Bonchev–Trinajstić information content (AvgIpc) is 2.82. The van der Waals surface area contributed by atoms with Gasteiger partial charge in [0.2, 0.25) is 0 Å². The highest BCUT2D eigenvalue weighted by atomic mass is 32.2. The van der Waals surface area contributed by atoms with E-state index in [1.165, 1.54) is 23.5 Å². The highest BCUT2D eigenvalue weighted by Crippen LogP contribution is 2.30. The van der Waals surface area contributed by atoms with Crippen molar-refractivity contribution in [3.05, 3.63) is 41.6 Å². The van der Waals surface area contributed by atoms with Crippen molar-refractivity contribution in [3.63, 3.8) is 0 Å². The normalized spacial score (nSPS) is 10.6. The number of H-pyrrole nitrogens is 1. The molecule has 0 spiro atoms. The molecule has 0 aliphatic carbocycles. The quantitative estimate of drug-likeness (QED) is 0.753. The molecule has 0 bridgehead atoms. The Morgan fingerprint density at radius 2 is 2.20 bits per heavy atom. The number of aryl methyl sites for hydroxylation is 1. The van der Waals surface area contributed by atoms with Gasteiger partial charge >= 0.3 is 0 Å². The second-order valence-electron chi connectivity index (χ2n) is 4.39. The van der Waals surface area contributed by atoms with Gasteiger partial charge in [0.25, 0.3) is 0 Å². The molecule has 2 heterocycles. The van der Waals surface area contributed by atoms with Crippen molar-refractivity contribution < 1.29 is 0 Å². The molecule has 5 nitrogen and oxygen atoms in total. The van der Waals surface area contributed by atoms with E-state index in [9.17, 15) is 0 Å². The number of nitrogens with zero attached hydrogens (tertiary/aromatic N) is 3. The topological polar surface area (TPSA) is 91.4 Å². The molecule has 0 saturated carbocycles. The Labute approximate surface area is 119 Å². The lowest BCUT2D eigenvalue weighted by Crippen LogP contribution is -1.93. The predicted molar refractivity (Wildman–Crippen MR) is 78.3 cm³/mol. The summed E-state index contributed by atoms with van der Waals surface area (Å²) in [4.78, 5) is 11.9. The van der Waals surface area contributed by atoms with Gasteiger partial charge in [-0.2, -0.15) is 5.26 Å². The summed E-state index contributed by atoms with van der Waals surface area (Å²) in [5, 5.41) is 10.2. The first kappa shape index (κ1) is 12.5. The SMILES string of the molecule is Cc1ccc2nc(Sc3ncc(C#N)cc3N)[nH]c2c1. The molecule has 0 radical (unpaired) electrons. The Kier molecular flexibility index (Phi) is 3.05. The minimum Gasteiger partial charge on any atom is -0.396 e. The number of nitrogens with one attached hydrogen (secondary N) is 1. The van der Waals surface area contributed by atoms with Gasteiger partial charge in [0.05, 0.1) is 22.3 Å². The third kappa shape index (κ3) is 2.31. The molecular weight excluding hydrogens is 270 g/mol. The molecule has 0 aliphatic rings. The zero-order valence-corrected chi connectivity index (χ0v) is 11.5. The van der Waals surface area contributed by atoms with Gasteiger partial charge in [-0.25, -0.2) is 9.97 Å². The first-order valence-corrected chi connectivity index (χ1v) is 6.77. The van der Waals surface area contributed by atoms with Crippen LogP contribution >= 0.6 is 11.8 Å². The Morgan fingerprint density at radius 1 is 1.35 bits per heavy atom. The zero-order chi connectivity index (χ0) is 14.1. The zero-order valence-electron chi connectivity index (χ0n) is 10.7. The van der Waals surface area contributed by atoms with E-state index in [1.807, 2.05) is 31.2 Å². The van der Waals surface area contributed by atoms with Gasteiger partial charge in [0, 0.05) is 6.20 Å². The minimum absolute atomic E-state index is 0.451. The number of imidazole rings is 1. The number of hydrogen-bond donors (Lipinski definition) is 2. The van der Waals surface area contributed by atoms with E-state index in [0.717, 1.165) is 16.2 Å². The van der Waals surface area contributed by atoms with Crippen LogP contribution in [0.15, 0.2) is 40.6 Å². The molecule has 1 aromatic carbocycles. The number of rotatable bonds is 2. The lowest BCUT2D eigenvalue weighted by Gasteiger charge is -2.01. The lowest BCUT2D eigenvalue weighted by molar-refractivity contribution is 1.06. The molecule has 0 unspecified atom stereocenters. The number of nitriles is 1. The number of pyridine rings is 1. The van der Waals surface area contributed by atoms with E-state index < -0.39 is 0 Å². The summed E-state index contributed by atoms with van der Waals surface area (Å²) in [6.07, 6.45) is 1.51. The van der Waals surface area contributed by atoms with E-state index in [0.29, 0.717) is 16.3 Å². The molecule has 0 amide bonds. The third-order valence-electron chi connectivity index (χ3n) is 2.82. The summed E-state index contributed by atoms with van der Waals surface area (Å²) in [5.74, 6) is 0. The van der Waals surface area contributed by atoms with Crippen molar-refractivity contribution in [3.8, 4) is 6.07 Å². The monoisotopic (exact) mass is 281 g/mol. The molecule has 3 aromatic rings. The molecule has 6 heteroatoms. The van der Waals surface area contributed by atoms with Crippen molar-refractivity contribution in [1.29, 1.82) is 5.26 Å². The van der Waals surface area contributed by atoms with Crippen LogP contribution in [0.5, 0.6) is 0 Å². The number of benzene rings is 1. The number of aromatic nitrogens is 3. The number of aromatic amines is 1. The van der Waals surface area contributed by atoms with Gasteiger partial charge in [-0.3, -0.25) is 0 Å². The van der Waals surface area contributed by atoms with Crippen LogP contribution in [0.4, 0.5) is 5.69 Å². The van der Waals surface area contributed by atoms with E-state index in [4.69, 9.17) is 11.0 Å². The standard InChI is InChI=1S/C14H11N5S/c1-8-2-3-11-12(4-8)19-14(18-11)20-13-10(16)5-9(6-15)7-17-13/h2-5,7H,16H2,1H3,(H,18,19). The minimum atomic E-state index is 0.451. The number of nitrogens with two attached hydrogens (primary N) is 1. The molecule has 0 saturated heterocycles. The van der Waals surface area contributed by atoms with Gasteiger partial charge in [-0.05, 0) is 42.4 Å². The van der Waals surface area contributed by atoms with Crippen molar-refractivity contribution in [2.75, 3.05) is 5.73 Å². The number of nitrogen functional groups attached to an aromatic ring is 1. The fraction of sp³-hybridized carbons (Fsp3) is 0.0714. The summed E-state index contributed by atoms with van der Waals surface area (Å²) in [5.41, 5.74) is 9.88. The van der Waals surface area contributed by atoms with Crippen LogP contribution in [-0.2, 0) is 0 Å². The fourth-order valence-corrected chi connectivity index (χ4v) is 2.63. The van der Waals surface area contributed by atoms with Gasteiger partial charge in [-0.1, -0.05) is 6.07 Å². The van der Waals surface area contributed by atoms with Crippen LogP contribution in [0.2, 0.25) is 0 Å². The summed E-state index contributed by atoms with van der Waals surface area (Å²) >= 11 is 1.35. The summed E-state index contributed by atoms with van der Waals surface area (Å²) < 4.78 is 0. The van der Waals surface area contributed by atoms with E-state index >= 15 is 0 Å². The number of fused-ring (bicyclic) bond motifs is 1. The highest BCUT2D eigenvalue weighted by molar-refractivity contribution is 7.99. The lowest BCUT2D eigenvalue weighted by atomic mass is 10.2. The van der Waals surface area contributed by atoms with Gasteiger partial charge in [0.1, 0.15) is 11.1 Å². The maximum Gasteiger partial charge on any atom is 0.172 e. The smallest absolute Gasteiger partial charge is 0.172 e. The van der Waals surface area contributed by atoms with E-state index in [-0.39, 0.29) is 0 Å². The Balaban J connectivity index is 1.95. The van der Waals surface area contributed by atoms with Crippen LogP contribution in [0.25, 0.3) is 11.0 Å². The predicted octanol–water partition coefficient (Wildman–Crippen LogP) is 2.87. The Morgan fingerprint density at radius 3 is 2.95 bits per heavy atom. The van der Waals surface area contributed by atoms with Crippen LogP contribution < -0.4 is 5.73 Å². The van der Waals surface area contributed by atoms with Gasteiger partial charge in [0.15, 0.2) is 5.16 Å². The summed E-state index contributed by atoms with van der Waals surface area (Å²) in [6, 6.07) is 9.66. The third-order valence-corrected chi connectivity index (χ3v) is 3.74. The molecule has 0 fully saturated rings.